The molecule has 5 nitrogen and oxygen atoms in total. The predicted molar refractivity (Wildman–Crippen MR) is 91.5 cm³/mol. The summed E-state index contributed by atoms with van der Waals surface area (Å²) in [5.74, 6) is 0. The number of pyridine rings is 1. The molecule has 0 saturated heterocycles. The van der Waals surface area contributed by atoms with E-state index in [4.69, 9.17) is 4.74 Å². The first-order valence-corrected chi connectivity index (χ1v) is 7.74. The molecule has 0 bridgehead atoms. The van der Waals surface area contributed by atoms with E-state index in [-0.39, 0.29) is 0 Å². The van der Waals surface area contributed by atoms with Gasteiger partial charge in [0.25, 0.3) is 0 Å². The molecule has 0 aliphatic carbocycles. The minimum atomic E-state index is -0.488. The Balaban J connectivity index is 1.81. The average Bonchev–Trinajstić information content (AvgIpc) is 2.81. The number of ether oxygens (including phenoxy) is 1. The van der Waals surface area contributed by atoms with Crippen molar-refractivity contribution in [3.05, 3.63) is 42.6 Å². The maximum absolute atomic E-state index is 11.8. The van der Waals surface area contributed by atoms with E-state index in [9.17, 15) is 4.79 Å². The number of amides is 1. The molecular weight excluding hydrogens is 290 g/mol. The number of fused-ring (bicyclic) bond motifs is 3. The van der Waals surface area contributed by atoms with Gasteiger partial charge in [0.2, 0.25) is 0 Å². The number of nitrogens with zero attached hydrogens (tertiary/aromatic N) is 2. The highest BCUT2D eigenvalue weighted by atomic mass is 16.6. The lowest BCUT2D eigenvalue weighted by atomic mass is 10.2. The highest BCUT2D eigenvalue weighted by molar-refractivity contribution is 6.06. The Labute approximate surface area is 135 Å². The molecule has 1 N–H and O–H groups in total. The maximum Gasteiger partial charge on any atom is 0.407 e. The number of rotatable bonds is 3. The van der Waals surface area contributed by atoms with Gasteiger partial charge in [0.05, 0.1) is 5.52 Å². The van der Waals surface area contributed by atoms with Gasteiger partial charge in [-0.05, 0) is 39.0 Å². The van der Waals surface area contributed by atoms with Crippen LogP contribution in [0.4, 0.5) is 4.79 Å². The summed E-state index contributed by atoms with van der Waals surface area (Å²) >= 11 is 0. The molecule has 0 unspecified atom stereocenters. The Bertz CT molecular complexity index is 793. The van der Waals surface area contributed by atoms with E-state index in [0.717, 1.165) is 16.6 Å². The Morgan fingerprint density at radius 1 is 1.17 bits per heavy atom. The zero-order chi connectivity index (χ0) is 16.4. The van der Waals surface area contributed by atoms with Gasteiger partial charge in [0, 0.05) is 30.1 Å². The van der Waals surface area contributed by atoms with Crippen molar-refractivity contribution in [1.29, 1.82) is 0 Å². The Hall–Kier alpha value is -2.56. The maximum atomic E-state index is 11.8. The number of hydrogen-bond acceptors (Lipinski definition) is 3. The monoisotopic (exact) mass is 311 g/mol. The van der Waals surface area contributed by atoms with Crippen LogP contribution in [-0.2, 0) is 11.3 Å². The second-order valence-corrected chi connectivity index (χ2v) is 6.47. The molecule has 23 heavy (non-hydrogen) atoms. The van der Waals surface area contributed by atoms with E-state index < -0.39 is 11.7 Å². The summed E-state index contributed by atoms with van der Waals surface area (Å²) in [5, 5.41) is 5.10. The van der Waals surface area contributed by atoms with Crippen LogP contribution >= 0.6 is 0 Å². The summed E-state index contributed by atoms with van der Waals surface area (Å²) in [5.41, 5.74) is 1.56. The number of para-hydroxylation sites is 1. The van der Waals surface area contributed by atoms with Crippen molar-refractivity contribution >= 4 is 28.0 Å². The number of benzene rings is 1. The van der Waals surface area contributed by atoms with Gasteiger partial charge in [-0.25, -0.2) is 9.78 Å². The Kier molecular flexibility index (Phi) is 3.94. The number of aromatic nitrogens is 2. The third-order valence-electron chi connectivity index (χ3n) is 3.53. The lowest BCUT2D eigenvalue weighted by Crippen LogP contribution is -2.34. The summed E-state index contributed by atoms with van der Waals surface area (Å²) in [4.78, 5) is 16.3. The van der Waals surface area contributed by atoms with Crippen LogP contribution < -0.4 is 5.32 Å². The summed E-state index contributed by atoms with van der Waals surface area (Å²) in [6, 6.07) is 12.2. The fourth-order valence-corrected chi connectivity index (χ4v) is 2.68. The molecular formula is C18H21N3O2. The number of carbonyl (C=O) groups is 1. The highest BCUT2D eigenvalue weighted by Gasteiger charge is 2.16. The summed E-state index contributed by atoms with van der Waals surface area (Å²) in [6.07, 6.45) is 1.39. The molecule has 0 atom stereocenters. The fourth-order valence-electron chi connectivity index (χ4n) is 2.68. The molecule has 2 heterocycles. The zero-order valence-corrected chi connectivity index (χ0v) is 13.7. The van der Waals surface area contributed by atoms with Gasteiger partial charge in [-0.15, -0.1) is 0 Å². The summed E-state index contributed by atoms with van der Waals surface area (Å²) in [7, 11) is 0. The predicted octanol–water partition coefficient (Wildman–Crippen LogP) is 3.71. The Morgan fingerprint density at radius 3 is 2.70 bits per heavy atom. The minimum absolute atomic E-state index is 0.397. The van der Waals surface area contributed by atoms with Gasteiger partial charge in [-0.2, -0.15) is 0 Å². The summed E-state index contributed by atoms with van der Waals surface area (Å²) in [6.45, 7) is 6.68. The number of hydrogen-bond donors (Lipinski definition) is 1. The smallest absolute Gasteiger partial charge is 0.407 e. The SMILES string of the molecule is CC(C)(C)OC(=O)NCCn1c2ccccc2c2cccnc21. The first-order valence-electron chi connectivity index (χ1n) is 7.74. The van der Waals surface area contributed by atoms with E-state index in [1.165, 1.54) is 5.39 Å². The van der Waals surface area contributed by atoms with E-state index in [1.807, 2.05) is 39.0 Å². The lowest BCUT2D eigenvalue weighted by Gasteiger charge is -2.19. The van der Waals surface area contributed by atoms with Crippen LogP contribution in [0.15, 0.2) is 42.6 Å². The molecule has 5 heteroatoms. The van der Waals surface area contributed by atoms with Crippen LogP contribution in [-0.4, -0.2) is 27.8 Å². The van der Waals surface area contributed by atoms with E-state index in [1.54, 1.807) is 6.20 Å². The van der Waals surface area contributed by atoms with Crippen molar-refractivity contribution in [1.82, 2.24) is 14.9 Å². The number of alkyl carbamates (subject to hydrolysis) is 1. The third kappa shape index (κ3) is 3.28. The molecule has 0 aliphatic rings. The fraction of sp³-hybridized carbons (Fsp3) is 0.333. The molecule has 3 aromatic rings. The van der Waals surface area contributed by atoms with Crippen molar-refractivity contribution in [2.75, 3.05) is 6.54 Å². The topological polar surface area (TPSA) is 56.1 Å². The van der Waals surface area contributed by atoms with E-state index in [0.29, 0.717) is 13.1 Å². The standard InChI is InChI=1S/C18H21N3O2/c1-18(2,3)23-17(22)20-11-12-21-15-9-5-4-7-13(15)14-8-6-10-19-16(14)21/h4-10H,11-12H2,1-3H3,(H,20,22). The second-order valence-electron chi connectivity index (χ2n) is 6.47. The zero-order valence-electron chi connectivity index (χ0n) is 13.7. The van der Waals surface area contributed by atoms with Crippen molar-refractivity contribution in [3.8, 4) is 0 Å². The van der Waals surface area contributed by atoms with Crippen LogP contribution in [0.5, 0.6) is 0 Å². The normalized spacial score (nSPS) is 11.8. The molecule has 0 spiro atoms. The first kappa shape index (κ1) is 15.3. The highest BCUT2D eigenvalue weighted by Crippen LogP contribution is 2.26. The van der Waals surface area contributed by atoms with Gasteiger partial charge >= 0.3 is 6.09 Å². The molecule has 0 aliphatic heterocycles. The van der Waals surface area contributed by atoms with Gasteiger partial charge in [-0.1, -0.05) is 18.2 Å². The Morgan fingerprint density at radius 2 is 1.91 bits per heavy atom. The van der Waals surface area contributed by atoms with Crippen LogP contribution in [0.1, 0.15) is 20.8 Å². The van der Waals surface area contributed by atoms with Crippen LogP contribution in [0.2, 0.25) is 0 Å². The van der Waals surface area contributed by atoms with E-state index >= 15 is 0 Å². The van der Waals surface area contributed by atoms with Crippen molar-refractivity contribution < 1.29 is 9.53 Å². The first-order chi connectivity index (χ1) is 11.0. The molecule has 0 saturated carbocycles. The van der Waals surface area contributed by atoms with Gasteiger partial charge in [-0.3, -0.25) is 0 Å². The summed E-state index contributed by atoms with van der Waals surface area (Å²) < 4.78 is 7.38. The van der Waals surface area contributed by atoms with Crippen molar-refractivity contribution in [3.63, 3.8) is 0 Å². The van der Waals surface area contributed by atoms with Crippen LogP contribution in [0.25, 0.3) is 21.9 Å². The minimum Gasteiger partial charge on any atom is -0.444 e. The number of carbonyl (C=O) groups excluding carboxylic acids is 1. The van der Waals surface area contributed by atoms with Crippen LogP contribution in [0, 0.1) is 0 Å². The van der Waals surface area contributed by atoms with Crippen LogP contribution in [0.3, 0.4) is 0 Å². The molecule has 1 amide bonds. The average molecular weight is 311 g/mol. The quantitative estimate of drug-likeness (QED) is 0.802. The van der Waals surface area contributed by atoms with E-state index in [2.05, 4.69) is 33.1 Å². The third-order valence-corrected chi connectivity index (χ3v) is 3.53. The van der Waals surface area contributed by atoms with Crippen molar-refractivity contribution in [2.45, 2.75) is 32.9 Å². The second kappa shape index (κ2) is 5.91. The van der Waals surface area contributed by atoms with Gasteiger partial charge < -0.3 is 14.6 Å². The molecule has 1 aromatic carbocycles. The molecule has 120 valence electrons. The van der Waals surface area contributed by atoms with Gasteiger partial charge in [0.15, 0.2) is 0 Å². The van der Waals surface area contributed by atoms with Gasteiger partial charge in [0.1, 0.15) is 11.2 Å². The number of nitrogens with one attached hydrogen (secondary N) is 1. The van der Waals surface area contributed by atoms with Crippen molar-refractivity contribution in [2.24, 2.45) is 0 Å². The molecule has 0 radical (unpaired) electrons. The lowest BCUT2D eigenvalue weighted by molar-refractivity contribution is 0.0526. The molecule has 2 aromatic heterocycles. The largest absolute Gasteiger partial charge is 0.444 e. The molecule has 0 fully saturated rings. The molecule has 3 rings (SSSR count).